The number of nitrogens with zero attached hydrogens (tertiary/aromatic N) is 1. The first-order valence-electron chi connectivity index (χ1n) is 8.32. The smallest absolute Gasteiger partial charge is 0.0564 e. The van der Waals surface area contributed by atoms with Crippen LogP contribution in [0.3, 0.4) is 0 Å². The van der Waals surface area contributed by atoms with E-state index in [0.717, 1.165) is 50.9 Å². The van der Waals surface area contributed by atoms with E-state index in [2.05, 4.69) is 11.0 Å². The van der Waals surface area contributed by atoms with Gasteiger partial charge in [0.15, 0.2) is 0 Å². The second-order valence-electron chi connectivity index (χ2n) is 6.75. The second kappa shape index (κ2) is 7.54. The van der Waals surface area contributed by atoms with Crippen molar-refractivity contribution < 1.29 is 5.11 Å². The number of hydrogen-bond donors (Lipinski definition) is 2. The molecule has 0 bridgehead atoms. The molecule has 3 nitrogen and oxygen atoms in total. The van der Waals surface area contributed by atoms with E-state index in [1.807, 2.05) is 12.1 Å². The maximum atomic E-state index is 9.60. The number of hydrogen-bond acceptors (Lipinski definition) is 3. The van der Waals surface area contributed by atoms with Crippen LogP contribution in [0.1, 0.15) is 37.2 Å². The Morgan fingerprint density at radius 3 is 2.61 bits per heavy atom. The van der Waals surface area contributed by atoms with Crippen LogP contribution >= 0.6 is 23.2 Å². The molecule has 2 aliphatic rings. The Kier molecular flexibility index (Phi) is 5.65. The summed E-state index contributed by atoms with van der Waals surface area (Å²) < 4.78 is 0. The topological polar surface area (TPSA) is 49.5 Å². The van der Waals surface area contributed by atoms with Crippen molar-refractivity contribution in [1.82, 2.24) is 4.90 Å². The van der Waals surface area contributed by atoms with Gasteiger partial charge in [0, 0.05) is 41.6 Å². The van der Waals surface area contributed by atoms with Gasteiger partial charge in [0.05, 0.1) is 6.10 Å². The zero-order valence-electron chi connectivity index (χ0n) is 13.2. The van der Waals surface area contributed by atoms with E-state index in [1.54, 1.807) is 6.07 Å². The van der Waals surface area contributed by atoms with Gasteiger partial charge in [0.25, 0.3) is 0 Å². The van der Waals surface area contributed by atoms with Gasteiger partial charge >= 0.3 is 0 Å². The van der Waals surface area contributed by atoms with Crippen molar-refractivity contribution in [3.63, 3.8) is 0 Å². The zero-order chi connectivity index (χ0) is 16.4. The third kappa shape index (κ3) is 4.28. The molecule has 3 N–H and O–H groups in total. The van der Waals surface area contributed by atoms with E-state index < -0.39 is 0 Å². The fourth-order valence-corrected chi connectivity index (χ4v) is 4.20. The second-order valence-corrected chi connectivity index (χ2v) is 7.59. The van der Waals surface area contributed by atoms with Gasteiger partial charge in [0.1, 0.15) is 0 Å². The summed E-state index contributed by atoms with van der Waals surface area (Å²) in [6.45, 7) is 2.92. The Hall–Kier alpha value is -0.580. The number of benzene rings is 1. The molecule has 2 atom stereocenters. The summed E-state index contributed by atoms with van der Waals surface area (Å²) in [7, 11) is 0. The van der Waals surface area contributed by atoms with Gasteiger partial charge in [-0.2, -0.15) is 0 Å². The number of piperidine rings is 1. The van der Waals surface area contributed by atoms with E-state index >= 15 is 0 Å². The van der Waals surface area contributed by atoms with Crippen LogP contribution in [0.15, 0.2) is 29.8 Å². The average Bonchev–Trinajstić information content (AvgIpc) is 2.51. The predicted octanol–water partition coefficient (Wildman–Crippen LogP) is 3.58. The van der Waals surface area contributed by atoms with Gasteiger partial charge in [0.2, 0.25) is 0 Å². The summed E-state index contributed by atoms with van der Waals surface area (Å²) in [5.41, 5.74) is 8.95. The Morgan fingerprint density at radius 2 is 1.96 bits per heavy atom. The minimum atomic E-state index is -0.120. The van der Waals surface area contributed by atoms with Gasteiger partial charge in [-0.15, -0.1) is 0 Å². The summed E-state index contributed by atoms with van der Waals surface area (Å²) >= 11 is 12.3. The van der Waals surface area contributed by atoms with Crippen molar-refractivity contribution in [1.29, 1.82) is 0 Å². The van der Waals surface area contributed by atoms with Crippen LogP contribution in [-0.4, -0.2) is 41.8 Å². The summed E-state index contributed by atoms with van der Waals surface area (Å²) in [5.74, 6) is 0.256. The highest BCUT2D eigenvalue weighted by Gasteiger charge is 2.27. The van der Waals surface area contributed by atoms with E-state index in [4.69, 9.17) is 28.9 Å². The highest BCUT2D eigenvalue weighted by molar-refractivity contribution is 6.35. The van der Waals surface area contributed by atoms with E-state index in [-0.39, 0.29) is 18.1 Å². The Morgan fingerprint density at radius 1 is 1.22 bits per heavy atom. The van der Waals surface area contributed by atoms with E-state index in [0.29, 0.717) is 10.0 Å². The monoisotopic (exact) mass is 354 g/mol. The number of likely N-dealkylation sites (tertiary alicyclic amines) is 1. The molecule has 0 amide bonds. The van der Waals surface area contributed by atoms with Crippen molar-refractivity contribution in [3.8, 4) is 0 Å². The lowest BCUT2D eigenvalue weighted by molar-refractivity contribution is 0.0862. The first kappa shape index (κ1) is 17.2. The Labute approximate surface area is 148 Å². The standard InChI is InChI=1S/C18H24Cl2N2O/c19-13-2-4-15(17(20)10-13)16-3-1-12(9-18(16)21)11-22-7-5-14(23)6-8-22/h1-2,4,10,14,16,18,23H,3,5-9,11,21H2/t16-,18+/m0/s1. The lowest BCUT2D eigenvalue weighted by atomic mass is 9.80. The summed E-state index contributed by atoms with van der Waals surface area (Å²) in [6.07, 6.45) is 5.79. The third-order valence-corrected chi connectivity index (χ3v) is 5.58. The van der Waals surface area contributed by atoms with Crippen LogP contribution in [0.25, 0.3) is 0 Å². The fraction of sp³-hybridized carbons (Fsp3) is 0.556. The predicted molar refractivity (Wildman–Crippen MR) is 96.2 cm³/mol. The zero-order valence-corrected chi connectivity index (χ0v) is 14.7. The third-order valence-electron chi connectivity index (χ3n) is 5.02. The molecule has 126 valence electrons. The number of halogens is 2. The molecule has 3 rings (SSSR count). The van der Waals surface area contributed by atoms with Crippen molar-refractivity contribution in [2.24, 2.45) is 5.73 Å². The van der Waals surface area contributed by atoms with Gasteiger partial charge in [-0.25, -0.2) is 0 Å². The van der Waals surface area contributed by atoms with Crippen molar-refractivity contribution in [2.75, 3.05) is 19.6 Å². The molecule has 0 unspecified atom stereocenters. The molecule has 0 saturated carbocycles. The van der Waals surface area contributed by atoms with Crippen molar-refractivity contribution >= 4 is 23.2 Å². The van der Waals surface area contributed by atoms with Crippen LogP contribution in [-0.2, 0) is 0 Å². The lowest BCUT2D eigenvalue weighted by Crippen LogP contribution is -2.39. The molecule has 23 heavy (non-hydrogen) atoms. The van der Waals surface area contributed by atoms with Crippen molar-refractivity contribution in [2.45, 2.75) is 43.7 Å². The Balaban J connectivity index is 1.64. The molecule has 1 saturated heterocycles. The molecule has 5 heteroatoms. The lowest BCUT2D eigenvalue weighted by Gasteiger charge is -2.34. The average molecular weight is 355 g/mol. The molecule has 1 fully saturated rings. The van der Waals surface area contributed by atoms with Crippen LogP contribution in [0, 0.1) is 0 Å². The van der Waals surface area contributed by atoms with Crippen LogP contribution < -0.4 is 5.73 Å². The normalized spacial score (nSPS) is 27.0. The molecular formula is C18H24Cl2N2O. The molecule has 1 aromatic rings. The van der Waals surface area contributed by atoms with Crippen LogP contribution in [0.4, 0.5) is 0 Å². The number of allylic oxidation sites excluding steroid dienone is 1. The summed E-state index contributed by atoms with van der Waals surface area (Å²) in [6, 6.07) is 5.76. The molecule has 1 aliphatic carbocycles. The molecule has 1 aromatic carbocycles. The quantitative estimate of drug-likeness (QED) is 0.815. The SMILES string of the molecule is N[C@@H]1CC(CN2CCC(O)CC2)=CC[C@H]1c1ccc(Cl)cc1Cl. The molecule has 1 aliphatic heterocycles. The van der Waals surface area contributed by atoms with Gasteiger partial charge in [-0.05, 0) is 43.4 Å². The minimum absolute atomic E-state index is 0.0871. The first-order valence-corrected chi connectivity index (χ1v) is 9.07. The number of nitrogens with two attached hydrogens (primary N) is 1. The van der Waals surface area contributed by atoms with Crippen molar-refractivity contribution in [3.05, 3.63) is 45.5 Å². The fourth-order valence-electron chi connectivity index (χ4n) is 3.65. The summed E-state index contributed by atoms with van der Waals surface area (Å²) in [5, 5.41) is 11.0. The van der Waals surface area contributed by atoms with Crippen LogP contribution in [0.2, 0.25) is 10.0 Å². The number of rotatable bonds is 3. The minimum Gasteiger partial charge on any atom is -0.393 e. The maximum Gasteiger partial charge on any atom is 0.0564 e. The molecular weight excluding hydrogens is 331 g/mol. The van der Waals surface area contributed by atoms with Crippen LogP contribution in [0.5, 0.6) is 0 Å². The number of aliphatic hydroxyl groups is 1. The van der Waals surface area contributed by atoms with E-state index in [1.165, 1.54) is 5.57 Å². The highest BCUT2D eigenvalue weighted by atomic mass is 35.5. The van der Waals surface area contributed by atoms with E-state index in [9.17, 15) is 5.11 Å². The number of aliphatic hydroxyl groups excluding tert-OH is 1. The largest absolute Gasteiger partial charge is 0.393 e. The molecule has 0 radical (unpaired) electrons. The molecule has 1 heterocycles. The van der Waals surface area contributed by atoms with Gasteiger partial charge < -0.3 is 10.8 Å². The van der Waals surface area contributed by atoms with Gasteiger partial charge in [-0.3, -0.25) is 4.90 Å². The highest BCUT2D eigenvalue weighted by Crippen LogP contribution is 2.36. The maximum absolute atomic E-state index is 9.60. The molecule has 0 aromatic heterocycles. The first-order chi connectivity index (χ1) is 11.0. The Bertz CT molecular complexity index is 582. The summed E-state index contributed by atoms with van der Waals surface area (Å²) in [4.78, 5) is 2.42. The van der Waals surface area contributed by atoms with Gasteiger partial charge in [-0.1, -0.05) is 40.9 Å². The molecule has 0 spiro atoms.